The minimum atomic E-state index is -4.85. The van der Waals surface area contributed by atoms with Crippen LogP contribution in [0.2, 0.25) is 0 Å². The Balaban J connectivity index is 0.00000324. The number of carboxylic acid groups (broad SMARTS) is 1. The number of aliphatic carboxylic acids is 1. The van der Waals surface area contributed by atoms with E-state index in [0.717, 1.165) is 6.07 Å². The highest BCUT2D eigenvalue weighted by atomic mass is 35.5. The average molecular weight is 303 g/mol. The molecule has 0 radical (unpaired) electrons. The smallest absolute Gasteiger partial charge is 0.419 e. The van der Waals surface area contributed by atoms with Crippen molar-refractivity contribution in [2.24, 2.45) is 0 Å². The van der Waals surface area contributed by atoms with Gasteiger partial charge in [0.2, 0.25) is 0 Å². The Labute approximate surface area is 112 Å². The molecule has 0 aromatic heterocycles. The monoisotopic (exact) mass is 302 g/mol. The zero-order valence-corrected chi connectivity index (χ0v) is 10.5. The SMILES string of the molecule is CCC(Oc1ccc(F)c(C(F)(F)F)c1)C(=O)O.Cl. The number of ether oxygens (including phenoxy) is 1. The lowest BCUT2D eigenvalue weighted by Crippen LogP contribution is -2.26. The summed E-state index contributed by atoms with van der Waals surface area (Å²) in [6, 6.07) is 1.99. The number of carbonyl (C=O) groups is 1. The lowest BCUT2D eigenvalue weighted by molar-refractivity contribution is -0.145. The average Bonchev–Trinajstić information content (AvgIpc) is 2.25. The van der Waals surface area contributed by atoms with Crippen molar-refractivity contribution in [3.8, 4) is 5.75 Å². The first-order valence-electron chi connectivity index (χ1n) is 5.02. The summed E-state index contributed by atoms with van der Waals surface area (Å²) in [7, 11) is 0. The summed E-state index contributed by atoms with van der Waals surface area (Å²) in [6.07, 6.45) is -6.04. The second kappa shape index (κ2) is 6.60. The molecule has 0 amide bonds. The number of benzene rings is 1. The molecule has 19 heavy (non-hydrogen) atoms. The predicted octanol–water partition coefficient (Wildman–Crippen LogP) is 3.51. The van der Waals surface area contributed by atoms with Crippen LogP contribution >= 0.6 is 12.4 Å². The van der Waals surface area contributed by atoms with Crippen LogP contribution in [0.15, 0.2) is 18.2 Å². The number of rotatable bonds is 4. The van der Waals surface area contributed by atoms with Gasteiger partial charge in [-0.1, -0.05) is 6.92 Å². The summed E-state index contributed by atoms with van der Waals surface area (Å²) in [4.78, 5) is 10.7. The Hall–Kier alpha value is -1.50. The number of hydrogen-bond donors (Lipinski definition) is 1. The van der Waals surface area contributed by atoms with E-state index in [1.807, 2.05) is 0 Å². The van der Waals surface area contributed by atoms with E-state index in [0.29, 0.717) is 12.1 Å². The highest BCUT2D eigenvalue weighted by molar-refractivity contribution is 5.85. The van der Waals surface area contributed by atoms with Gasteiger partial charge in [0.25, 0.3) is 0 Å². The third-order valence-electron chi connectivity index (χ3n) is 2.17. The predicted molar refractivity (Wildman–Crippen MR) is 61.0 cm³/mol. The Bertz CT molecular complexity index is 448. The minimum Gasteiger partial charge on any atom is -0.479 e. The molecule has 108 valence electrons. The molecule has 0 spiro atoms. The van der Waals surface area contributed by atoms with E-state index in [4.69, 9.17) is 9.84 Å². The largest absolute Gasteiger partial charge is 0.479 e. The summed E-state index contributed by atoms with van der Waals surface area (Å²) >= 11 is 0. The molecule has 1 rings (SSSR count). The van der Waals surface area contributed by atoms with Crippen molar-refractivity contribution in [3.05, 3.63) is 29.6 Å². The van der Waals surface area contributed by atoms with E-state index in [1.54, 1.807) is 0 Å². The normalized spacial score (nSPS) is 12.5. The third kappa shape index (κ3) is 4.59. The van der Waals surface area contributed by atoms with Crippen LogP contribution in [0, 0.1) is 5.82 Å². The lowest BCUT2D eigenvalue weighted by atomic mass is 10.2. The van der Waals surface area contributed by atoms with Crippen molar-refractivity contribution < 1.29 is 32.2 Å². The summed E-state index contributed by atoms with van der Waals surface area (Å²) in [5, 5.41) is 8.70. The molecule has 8 heteroatoms. The first-order valence-corrected chi connectivity index (χ1v) is 5.02. The van der Waals surface area contributed by atoms with Crippen molar-refractivity contribution in [1.29, 1.82) is 0 Å². The zero-order valence-electron chi connectivity index (χ0n) is 9.70. The highest BCUT2D eigenvalue weighted by Gasteiger charge is 2.34. The lowest BCUT2D eigenvalue weighted by Gasteiger charge is -2.15. The fourth-order valence-electron chi connectivity index (χ4n) is 1.27. The summed E-state index contributed by atoms with van der Waals surface area (Å²) < 4.78 is 55.0. The molecule has 0 fully saturated rings. The van der Waals surface area contributed by atoms with Gasteiger partial charge in [0, 0.05) is 0 Å². The maximum atomic E-state index is 13.0. The Morgan fingerprint density at radius 3 is 2.42 bits per heavy atom. The van der Waals surface area contributed by atoms with Crippen LogP contribution in [0.5, 0.6) is 5.75 Å². The van der Waals surface area contributed by atoms with Crippen LogP contribution in [0.4, 0.5) is 17.6 Å². The van der Waals surface area contributed by atoms with Crippen LogP contribution < -0.4 is 4.74 Å². The maximum Gasteiger partial charge on any atom is 0.419 e. The summed E-state index contributed by atoms with van der Waals surface area (Å²) in [6.45, 7) is 1.51. The molecule has 1 N–H and O–H groups in total. The molecule has 0 saturated heterocycles. The van der Waals surface area contributed by atoms with Gasteiger partial charge >= 0.3 is 12.1 Å². The van der Waals surface area contributed by atoms with Gasteiger partial charge < -0.3 is 9.84 Å². The van der Waals surface area contributed by atoms with Gasteiger partial charge in [-0.15, -0.1) is 12.4 Å². The molecule has 0 saturated carbocycles. The second-order valence-corrected chi connectivity index (χ2v) is 3.49. The molecule has 0 bridgehead atoms. The maximum absolute atomic E-state index is 13.0. The van der Waals surface area contributed by atoms with Crippen LogP contribution in [0.1, 0.15) is 18.9 Å². The number of halogens is 5. The van der Waals surface area contributed by atoms with Crippen molar-refractivity contribution in [1.82, 2.24) is 0 Å². The van der Waals surface area contributed by atoms with E-state index in [2.05, 4.69) is 0 Å². The summed E-state index contributed by atoms with van der Waals surface area (Å²) in [5.74, 6) is -3.06. The highest BCUT2D eigenvalue weighted by Crippen LogP contribution is 2.33. The molecule has 1 unspecified atom stereocenters. The van der Waals surface area contributed by atoms with Crippen molar-refractivity contribution in [2.75, 3.05) is 0 Å². The fourth-order valence-corrected chi connectivity index (χ4v) is 1.27. The van der Waals surface area contributed by atoms with E-state index in [-0.39, 0.29) is 24.6 Å². The topological polar surface area (TPSA) is 46.5 Å². The molecule has 0 heterocycles. The van der Waals surface area contributed by atoms with E-state index in [9.17, 15) is 22.4 Å². The zero-order chi connectivity index (χ0) is 13.9. The molecule has 0 aliphatic carbocycles. The fraction of sp³-hybridized carbons (Fsp3) is 0.364. The van der Waals surface area contributed by atoms with Gasteiger partial charge in [-0.05, 0) is 24.6 Å². The molecule has 0 aliphatic rings. The van der Waals surface area contributed by atoms with Gasteiger partial charge in [-0.2, -0.15) is 13.2 Å². The van der Waals surface area contributed by atoms with Gasteiger partial charge in [-0.25, -0.2) is 9.18 Å². The van der Waals surface area contributed by atoms with E-state index < -0.39 is 29.6 Å². The quantitative estimate of drug-likeness (QED) is 0.866. The first-order chi connectivity index (χ1) is 8.25. The van der Waals surface area contributed by atoms with Gasteiger partial charge in [0.15, 0.2) is 6.10 Å². The molecular formula is C11H11ClF4O3. The molecule has 1 aromatic carbocycles. The molecule has 3 nitrogen and oxygen atoms in total. The third-order valence-corrected chi connectivity index (χ3v) is 2.17. The first kappa shape index (κ1) is 17.5. The molecular weight excluding hydrogens is 292 g/mol. The Morgan fingerprint density at radius 2 is 2.00 bits per heavy atom. The van der Waals surface area contributed by atoms with Gasteiger partial charge in [0.1, 0.15) is 11.6 Å². The number of carboxylic acids is 1. The van der Waals surface area contributed by atoms with Crippen molar-refractivity contribution in [3.63, 3.8) is 0 Å². The number of hydrogen-bond acceptors (Lipinski definition) is 2. The standard InChI is InChI=1S/C11H10F4O3.ClH/c1-2-9(10(16)17)18-6-3-4-8(12)7(5-6)11(13,14)15;/h3-5,9H,2H2,1H3,(H,16,17);1H. The molecule has 1 atom stereocenters. The van der Waals surface area contributed by atoms with Crippen LogP contribution in [-0.4, -0.2) is 17.2 Å². The molecule has 1 aromatic rings. The Morgan fingerprint density at radius 1 is 1.42 bits per heavy atom. The van der Waals surface area contributed by atoms with Crippen LogP contribution in [0.3, 0.4) is 0 Å². The van der Waals surface area contributed by atoms with E-state index in [1.165, 1.54) is 6.92 Å². The van der Waals surface area contributed by atoms with E-state index >= 15 is 0 Å². The van der Waals surface area contributed by atoms with Crippen molar-refractivity contribution >= 4 is 18.4 Å². The number of alkyl halides is 3. The summed E-state index contributed by atoms with van der Waals surface area (Å²) in [5.41, 5.74) is -1.49. The minimum absolute atomic E-state index is 0. The van der Waals surface area contributed by atoms with Crippen molar-refractivity contribution in [2.45, 2.75) is 25.6 Å². The van der Waals surface area contributed by atoms with Crippen LogP contribution in [0.25, 0.3) is 0 Å². The van der Waals surface area contributed by atoms with Gasteiger partial charge in [0.05, 0.1) is 5.56 Å². The Kier molecular flexibility index (Phi) is 6.08. The molecule has 0 aliphatic heterocycles. The van der Waals surface area contributed by atoms with Crippen LogP contribution in [-0.2, 0) is 11.0 Å². The second-order valence-electron chi connectivity index (χ2n) is 3.49. The van der Waals surface area contributed by atoms with Gasteiger partial charge in [-0.3, -0.25) is 0 Å².